The Morgan fingerprint density at radius 3 is 2.67 bits per heavy atom. The van der Waals surface area contributed by atoms with Crippen LogP contribution >= 0.6 is 11.6 Å². The molecule has 0 saturated carbocycles. The van der Waals surface area contributed by atoms with E-state index in [-0.39, 0.29) is 11.7 Å². The largest absolute Gasteiger partial charge is 0.495 e. The van der Waals surface area contributed by atoms with Crippen LogP contribution in [0.15, 0.2) is 52.3 Å². The highest BCUT2D eigenvalue weighted by atomic mass is 35.5. The van der Waals surface area contributed by atoms with Gasteiger partial charge in [0.15, 0.2) is 12.2 Å². The van der Waals surface area contributed by atoms with Gasteiger partial charge in [-0.25, -0.2) is 9.78 Å². The summed E-state index contributed by atoms with van der Waals surface area (Å²) in [6.45, 7) is 6.04. The number of rotatable bonds is 7. The molecule has 0 bridgehead atoms. The van der Waals surface area contributed by atoms with Gasteiger partial charge in [0.25, 0.3) is 5.56 Å². The van der Waals surface area contributed by atoms with E-state index >= 15 is 0 Å². The number of oxazole rings is 1. The summed E-state index contributed by atoms with van der Waals surface area (Å²) in [6.07, 6.45) is 7.50. The van der Waals surface area contributed by atoms with Crippen molar-refractivity contribution in [1.82, 2.24) is 9.55 Å². The summed E-state index contributed by atoms with van der Waals surface area (Å²) < 4.78 is 24.2. The highest BCUT2D eigenvalue weighted by Gasteiger charge is 2.32. The smallest absolute Gasteiger partial charge is 0.329 e. The lowest BCUT2D eigenvalue weighted by atomic mass is 9.97. The van der Waals surface area contributed by atoms with Crippen molar-refractivity contribution in [2.24, 2.45) is 0 Å². The lowest BCUT2D eigenvalue weighted by molar-refractivity contribution is -0.160. The lowest BCUT2D eigenvalue weighted by Gasteiger charge is -2.29. The minimum absolute atomic E-state index is 0.139. The average Bonchev–Trinajstić information content (AvgIpc) is 3.37. The quantitative estimate of drug-likeness (QED) is 0.375. The van der Waals surface area contributed by atoms with E-state index in [4.69, 9.17) is 30.2 Å². The zero-order chi connectivity index (χ0) is 25.9. The van der Waals surface area contributed by atoms with Crippen molar-refractivity contribution in [1.29, 1.82) is 0 Å². The molecule has 1 saturated heterocycles. The van der Waals surface area contributed by atoms with E-state index < -0.39 is 17.6 Å². The predicted molar refractivity (Wildman–Crippen MR) is 136 cm³/mol. The molecule has 0 aliphatic carbocycles. The summed E-state index contributed by atoms with van der Waals surface area (Å²) in [5, 5.41) is 0.487. The first-order valence-electron chi connectivity index (χ1n) is 12.0. The van der Waals surface area contributed by atoms with Gasteiger partial charge in [-0.15, -0.1) is 0 Å². The number of hydrogen-bond donors (Lipinski definition) is 0. The van der Waals surface area contributed by atoms with Crippen LogP contribution in [0.2, 0.25) is 5.02 Å². The Balaban J connectivity index is 1.80. The monoisotopic (exact) mass is 514 g/mol. The molecule has 0 N–H and O–H groups in total. The number of nitrogens with zero attached hydrogens (tertiary/aromatic N) is 2. The number of benzene rings is 1. The minimum Gasteiger partial charge on any atom is -0.495 e. The van der Waals surface area contributed by atoms with Crippen LogP contribution in [0.3, 0.4) is 0 Å². The topological polar surface area (TPSA) is 92.8 Å². The Kier molecular flexibility index (Phi) is 7.85. The van der Waals surface area contributed by atoms with Gasteiger partial charge in [-0.2, -0.15) is 0 Å². The molecule has 1 aliphatic rings. The third-order valence-electron chi connectivity index (χ3n) is 6.01. The van der Waals surface area contributed by atoms with Crippen molar-refractivity contribution in [3.8, 4) is 28.2 Å². The number of aromatic nitrogens is 2. The summed E-state index contributed by atoms with van der Waals surface area (Å²) in [5.41, 5.74) is 0.783. The number of hydrogen-bond acceptors (Lipinski definition) is 7. The Morgan fingerprint density at radius 1 is 1.22 bits per heavy atom. The fraction of sp³-hybridized carbons (Fsp3) is 0.444. The molecule has 192 valence electrons. The Hall–Kier alpha value is -3.10. The van der Waals surface area contributed by atoms with Gasteiger partial charge in [0.2, 0.25) is 0 Å². The first kappa shape index (κ1) is 26.0. The van der Waals surface area contributed by atoms with E-state index in [1.165, 1.54) is 24.1 Å². The van der Waals surface area contributed by atoms with Crippen LogP contribution < -0.4 is 10.3 Å². The third kappa shape index (κ3) is 5.99. The van der Waals surface area contributed by atoms with Crippen LogP contribution in [0.1, 0.15) is 52.5 Å². The fourth-order valence-electron chi connectivity index (χ4n) is 4.38. The number of pyridine rings is 1. The summed E-state index contributed by atoms with van der Waals surface area (Å²) in [6, 6.07) is 5.86. The van der Waals surface area contributed by atoms with Crippen molar-refractivity contribution >= 4 is 17.6 Å². The predicted octanol–water partition coefficient (Wildman–Crippen LogP) is 5.67. The molecule has 8 nitrogen and oxygen atoms in total. The maximum absolute atomic E-state index is 13.5. The van der Waals surface area contributed by atoms with Crippen LogP contribution in [0.25, 0.3) is 22.5 Å². The number of carbonyl (C=O) groups excluding carboxylic acids is 1. The van der Waals surface area contributed by atoms with Gasteiger partial charge >= 0.3 is 5.97 Å². The number of carbonyl (C=O) groups is 1. The van der Waals surface area contributed by atoms with Crippen LogP contribution in [0, 0.1) is 0 Å². The molecule has 3 aromatic rings. The molecule has 36 heavy (non-hydrogen) atoms. The lowest BCUT2D eigenvalue weighted by Crippen LogP contribution is -2.37. The normalized spacial score (nSPS) is 17.0. The van der Waals surface area contributed by atoms with Gasteiger partial charge in [-0.05, 0) is 63.8 Å². The molecule has 0 amide bonds. The van der Waals surface area contributed by atoms with Gasteiger partial charge in [0.05, 0.1) is 25.6 Å². The fourth-order valence-corrected chi connectivity index (χ4v) is 4.56. The van der Waals surface area contributed by atoms with E-state index in [0.717, 1.165) is 19.3 Å². The van der Waals surface area contributed by atoms with Gasteiger partial charge in [-0.1, -0.05) is 11.6 Å². The molecule has 1 aliphatic heterocycles. The SMILES string of the molecule is COc1cn(C(CC2CCCCO2)C(=O)OC(C)(C)C)c(=O)cc1-c1cc(Cl)ccc1-c1cnco1. The second kappa shape index (κ2) is 10.9. The number of ether oxygens (including phenoxy) is 3. The van der Waals surface area contributed by atoms with E-state index in [1.807, 2.05) is 0 Å². The molecule has 3 heterocycles. The zero-order valence-corrected chi connectivity index (χ0v) is 21.7. The van der Waals surface area contributed by atoms with Crippen molar-refractivity contribution in [2.45, 2.75) is 64.2 Å². The summed E-state index contributed by atoms with van der Waals surface area (Å²) in [7, 11) is 1.51. The molecular weight excluding hydrogens is 484 g/mol. The number of methoxy groups -OCH3 is 1. The summed E-state index contributed by atoms with van der Waals surface area (Å²) >= 11 is 6.31. The molecule has 1 aromatic carbocycles. The molecule has 4 rings (SSSR count). The first-order valence-corrected chi connectivity index (χ1v) is 12.4. The van der Waals surface area contributed by atoms with Crippen molar-refractivity contribution < 1.29 is 23.4 Å². The van der Waals surface area contributed by atoms with Crippen LogP contribution in [0.4, 0.5) is 0 Å². The second-order valence-electron chi connectivity index (χ2n) is 9.83. The van der Waals surface area contributed by atoms with E-state index in [2.05, 4.69) is 4.98 Å². The Labute approximate surface area is 215 Å². The average molecular weight is 515 g/mol. The van der Waals surface area contributed by atoms with E-state index in [0.29, 0.717) is 46.3 Å². The molecule has 2 unspecified atom stereocenters. The minimum atomic E-state index is -0.865. The van der Waals surface area contributed by atoms with Gasteiger partial charge in [0, 0.05) is 35.2 Å². The van der Waals surface area contributed by atoms with Crippen LogP contribution in [-0.2, 0) is 14.3 Å². The second-order valence-corrected chi connectivity index (χ2v) is 10.3. The van der Waals surface area contributed by atoms with E-state index in [9.17, 15) is 9.59 Å². The molecular formula is C27H31ClN2O6. The molecule has 9 heteroatoms. The van der Waals surface area contributed by atoms with Crippen molar-refractivity contribution in [2.75, 3.05) is 13.7 Å². The molecule has 2 aromatic heterocycles. The van der Waals surface area contributed by atoms with E-state index in [1.54, 1.807) is 51.4 Å². The Bertz CT molecular complexity index is 1260. The van der Waals surface area contributed by atoms with Crippen LogP contribution in [-0.4, -0.2) is 40.9 Å². The zero-order valence-electron chi connectivity index (χ0n) is 21.0. The summed E-state index contributed by atoms with van der Waals surface area (Å²) in [4.78, 5) is 30.8. The summed E-state index contributed by atoms with van der Waals surface area (Å²) in [5.74, 6) is 0.434. The third-order valence-corrected chi connectivity index (χ3v) is 6.24. The molecule has 0 spiro atoms. The number of halogens is 1. The van der Waals surface area contributed by atoms with Crippen LogP contribution in [0.5, 0.6) is 5.75 Å². The maximum atomic E-state index is 13.5. The van der Waals surface area contributed by atoms with Gasteiger partial charge in [0.1, 0.15) is 17.4 Å². The standard InChI is InChI=1S/C27H31ClN2O6/c1-27(2,3)36-26(32)22(12-18-7-5-6-10-34-18)30-15-24(33-4)21(13-25(30)31)20-11-17(28)8-9-19(20)23-14-29-16-35-23/h8-9,11,13-16,18,22H,5-7,10,12H2,1-4H3. The van der Waals surface area contributed by atoms with Gasteiger partial charge in [-0.3, -0.25) is 9.36 Å². The van der Waals surface area contributed by atoms with Crippen molar-refractivity contribution in [3.63, 3.8) is 0 Å². The molecule has 0 radical (unpaired) electrons. The molecule has 2 atom stereocenters. The number of esters is 1. The maximum Gasteiger partial charge on any atom is 0.329 e. The Morgan fingerprint density at radius 2 is 2.03 bits per heavy atom. The highest BCUT2D eigenvalue weighted by Crippen LogP contribution is 2.38. The first-order chi connectivity index (χ1) is 17.2. The van der Waals surface area contributed by atoms with Gasteiger partial charge < -0.3 is 18.6 Å². The van der Waals surface area contributed by atoms with Crippen molar-refractivity contribution in [3.05, 3.63) is 58.4 Å². The molecule has 1 fully saturated rings. The highest BCUT2D eigenvalue weighted by molar-refractivity contribution is 6.31.